The van der Waals surface area contributed by atoms with E-state index < -0.39 is 0 Å². The Morgan fingerprint density at radius 2 is 2.20 bits per heavy atom. The zero-order chi connectivity index (χ0) is 10.3. The zero-order valence-electron chi connectivity index (χ0n) is 9.00. The minimum Gasteiger partial charge on any atom is -0.378 e. The minimum atomic E-state index is 0.311. The Morgan fingerprint density at radius 3 is 2.87 bits per heavy atom. The second kappa shape index (κ2) is 3.46. The highest BCUT2D eigenvalue weighted by molar-refractivity contribution is 5.83. The van der Waals surface area contributed by atoms with Gasteiger partial charge in [0.2, 0.25) is 5.91 Å². The van der Waals surface area contributed by atoms with Gasteiger partial charge in [0, 0.05) is 25.6 Å². The summed E-state index contributed by atoms with van der Waals surface area (Å²) in [6, 6.07) is 0. The highest BCUT2D eigenvalue weighted by atomic mass is 16.5. The van der Waals surface area contributed by atoms with E-state index in [9.17, 15) is 4.79 Å². The molecule has 2 atom stereocenters. The van der Waals surface area contributed by atoms with E-state index in [2.05, 4.69) is 5.32 Å². The quantitative estimate of drug-likeness (QED) is 0.654. The molecule has 2 unspecified atom stereocenters. The Morgan fingerprint density at radius 1 is 1.40 bits per heavy atom. The fraction of sp³-hybridized carbons (Fsp3) is 0.909. The molecule has 0 bridgehead atoms. The predicted octanol–water partition coefficient (Wildman–Crippen LogP) is -0.155. The van der Waals surface area contributed by atoms with Crippen LogP contribution in [0.25, 0.3) is 0 Å². The summed E-state index contributed by atoms with van der Waals surface area (Å²) in [5.74, 6) is 0.688. The molecule has 1 aliphatic carbocycles. The van der Waals surface area contributed by atoms with Gasteiger partial charge in [0.15, 0.2) is 0 Å². The molecule has 2 heterocycles. The lowest BCUT2D eigenvalue weighted by Crippen LogP contribution is -2.42. The van der Waals surface area contributed by atoms with Crippen LogP contribution in [0, 0.1) is 11.3 Å². The lowest BCUT2D eigenvalue weighted by molar-refractivity contribution is -0.137. The molecule has 2 aliphatic heterocycles. The van der Waals surface area contributed by atoms with Gasteiger partial charge in [0.05, 0.1) is 13.2 Å². The molecule has 1 saturated carbocycles. The molecule has 0 radical (unpaired) electrons. The lowest BCUT2D eigenvalue weighted by Gasteiger charge is -2.27. The maximum Gasteiger partial charge on any atom is 0.226 e. The summed E-state index contributed by atoms with van der Waals surface area (Å²) in [6.45, 7) is 5.14. The van der Waals surface area contributed by atoms with E-state index in [1.807, 2.05) is 4.90 Å². The molecule has 4 heteroatoms. The van der Waals surface area contributed by atoms with Gasteiger partial charge in [0.1, 0.15) is 0 Å². The van der Waals surface area contributed by atoms with Crippen molar-refractivity contribution >= 4 is 5.91 Å². The van der Waals surface area contributed by atoms with Crippen molar-refractivity contribution in [2.24, 2.45) is 11.3 Å². The molecule has 1 spiro atoms. The van der Waals surface area contributed by atoms with Gasteiger partial charge < -0.3 is 15.0 Å². The Hall–Kier alpha value is -0.610. The first kappa shape index (κ1) is 9.60. The van der Waals surface area contributed by atoms with Crippen LogP contribution in [0.1, 0.15) is 12.8 Å². The van der Waals surface area contributed by atoms with Crippen LogP contribution in [0.5, 0.6) is 0 Å². The number of nitrogens with zero attached hydrogens (tertiary/aromatic N) is 1. The van der Waals surface area contributed by atoms with Gasteiger partial charge in [-0.15, -0.1) is 0 Å². The average molecular weight is 210 g/mol. The maximum atomic E-state index is 12.2. The molecule has 3 rings (SSSR count). The van der Waals surface area contributed by atoms with Gasteiger partial charge >= 0.3 is 0 Å². The third-order valence-corrected chi connectivity index (χ3v) is 4.09. The van der Waals surface area contributed by atoms with E-state index in [1.165, 1.54) is 6.42 Å². The molecule has 15 heavy (non-hydrogen) atoms. The van der Waals surface area contributed by atoms with E-state index in [0.29, 0.717) is 30.5 Å². The molecule has 84 valence electrons. The Bertz CT molecular complexity index is 268. The molecule has 1 amide bonds. The number of hydrogen-bond acceptors (Lipinski definition) is 3. The minimum absolute atomic E-state index is 0.311. The van der Waals surface area contributed by atoms with E-state index in [0.717, 1.165) is 32.6 Å². The van der Waals surface area contributed by atoms with Crippen molar-refractivity contribution in [2.45, 2.75) is 12.8 Å². The standard InChI is InChI=1S/C11H18N2O2/c14-10(13-3-5-15-6-4-13)9-7-11(9)1-2-12-8-11/h9,12H,1-8H2. The predicted molar refractivity (Wildman–Crippen MR) is 55.4 cm³/mol. The average Bonchev–Trinajstić information content (AvgIpc) is 2.77. The highest BCUT2D eigenvalue weighted by Gasteiger charge is 2.59. The number of hydrogen-bond donors (Lipinski definition) is 1. The normalized spacial score (nSPS) is 39.7. The number of nitrogens with one attached hydrogen (secondary N) is 1. The molecule has 3 fully saturated rings. The summed E-state index contributed by atoms with van der Waals surface area (Å²) in [7, 11) is 0. The van der Waals surface area contributed by atoms with Crippen LogP contribution in [0.2, 0.25) is 0 Å². The molecule has 1 N–H and O–H groups in total. The topological polar surface area (TPSA) is 41.6 Å². The molecular formula is C11H18N2O2. The summed E-state index contributed by atoms with van der Waals surface area (Å²) in [6.07, 6.45) is 2.30. The Labute approximate surface area is 90.0 Å². The second-order valence-corrected chi connectivity index (χ2v) is 4.98. The van der Waals surface area contributed by atoms with E-state index in [1.54, 1.807) is 0 Å². The van der Waals surface area contributed by atoms with Crippen molar-refractivity contribution in [3.05, 3.63) is 0 Å². The first-order valence-electron chi connectivity index (χ1n) is 5.89. The van der Waals surface area contributed by atoms with Gasteiger partial charge in [0.25, 0.3) is 0 Å². The SMILES string of the molecule is O=C(C1CC12CCNC2)N1CCOCC1. The molecule has 0 aromatic heterocycles. The summed E-state index contributed by atoms with van der Waals surface area (Å²) in [4.78, 5) is 14.2. The van der Waals surface area contributed by atoms with Gasteiger partial charge in [-0.3, -0.25) is 4.79 Å². The summed E-state index contributed by atoms with van der Waals surface area (Å²) in [5, 5.41) is 3.37. The number of ether oxygens (including phenoxy) is 1. The lowest BCUT2D eigenvalue weighted by atomic mass is 10.0. The van der Waals surface area contributed by atoms with Crippen LogP contribution in [0.15, 0.2) is 0 Å². The smallest absolute Gasteiger partial charge is 0.226 e. The monoisotopic (exact) mass is 210 g/mol. The van der Waals surface area contributed by atoms with Crippen molar-refractivity contribution in [3.8, 4) is 0 Å². The number of carbonyl (C=O) groups excluding carboxylic acids is 1. The van der Waals surface area contributed by atoms with Crippen LogP contribution in [0.4, 0.5) is 0 Å². The largest absolute Gasteiger partial charge is 0.378 e. The molecule has 4 nitrogen and oxygen atoms in total. The number of morpholine rings is 1. The van der Waals surface area contributed by atoms with Gasteiger partial charge in [-0.25, -0.2) is 0 Å². The van der Waals surface area contributed by atoms with Crippen LogP contribution in [-0.4, -0.2) is 50.2 Å². The second-order valence-electron chi connectivity index (χ2n) is 4.98. The third-order valence-electron chi connectivity index (χ3n) is 4.09. The van der Waals surface area contributed by atoms with E-state index >= 15 is 0 Å². The van der Waals surface area contributed by atoms with Crippen molar-refractivity contribution in [1.29, 1.82) is 0 Å². The van der Waals surface area contributed by atoms with Crippen LogP contribution < -0.4 is 5.32 Å². The van der Waals surface area contributed by atoms with Crippen molar-refractivity contribution in [2.75, 3.05) is 39.4 Å². The highest BCUT2D eigenvalue weighted by Crippen LogP contribution is 2.57. The fourth-order valence-corrected chi connectivity index (χ4v) is 2.94. The van der Waals surface area contributed by atoms with Crippen LogP contribution in [-0.2, 0) is 9.53 Å². The van der Waals surface area contributed by atoms with Crippen molar-refractivity contribution in [3.63, 3.8) is 0 Å². The summed E-state index contributed by atoms with van der Waals surface area (Å²) >= 11 is 0. The first-order valence-corrected chi connectivity index (χ1v) is 5.89. The number of amides is 1. The van der Waals surface area contributed by atoms with Crippen LogP contribution in [0.3, 0.4) is 0 Å². The number of carbonyl (C=O) groups is 1. The van der Waals surface area contributed by atoms with Crippen LogP contribution >= 0.6 is 0 Å². The van der Waals surface area contributed by atoms with E-state index in [-0.39, 0.29) is 0 Å². The summed E-state index contributed by atoms with van der Waals surface area (Å²) < 4.78 is 5.26. The Kier molecular flexibility index (Phi) is 2.21. The first-order chi connectivity index (χ1) is 7.32. The van der Waals surface area contributed by atoms with Crippen molar-refractivity contribution < 1.29 is 9.53 Å². The molecule has 3 aliphatic rings. The summed E-state index contributed by atoms with van der Waals surface area (Å²) in [5.41, 5.74) is 0.343. The fourth-order valence-electron chi connectivity index (χ4n) is 2.94. The molecule has 2 saturated heterocycles. The Balaban J connectivity index is 1.61. The third kappa shape index (κ3) is 1.56. The van der Waals surface area contributed by atoms with Gasteiger partial charge in [-0.05, 0) is 24.8 Å². The van der Waals surface area contributed by atoms with E-state index in [4.69, 9.17) is 4.74 Å². The maximum absolute atomic E-state index is 12.2. The van der Waals surface area contributed by atoms with Crippen molar-refractivity contribution in [1.82, 2.24) is 10.2 Å². The molecular weight excluding hydrogens is 192 g/mol. The zero-order valence-corrected chi connectivity index (χ0v) is 9.00. The van der Waals surface area contributed by atoms with Gasteiger partial charge in [-0.2, -0.15) is 0 Å². The van der Waals surface area contributed by atoms with Gasteiger partial charge in [-0.1, -0.05) is 0 Å². The molecule has 0 aromatic carbocycles. The number of rotatable bonds is 1. The molecule has 0 aromatic rings.